The highest BCUT2D eigenvalue weighted by atomic mass is 32.1. The summed E-state index contributed by atoms with van der Waals surface area (Å²) in [5, 5.41) is 8.40. The van der Waals surface area contributed by atoms with Gasteiger partial charge in [-0.3, -0.25) is 0 Å². The van der Waals surface area contributed by atoms with Gasteiger partial charge in [0.25, 0.3) is 0 Å². The van der Waals surface area contributed by atoms with Crippen molar-refractivity contribution in [2.45, 2.75) is 0 Å². The molecule has 0 bridgehead atoms. The predicted octanol–water partition coefficient (Wildman–Crippen LogP) is 9.68. The molecule has 0 spiro atoms. The molecule has 0 aliphatic rings. The largest absolute Gasteiger partial charge is 0.144 e. The van der Waals surface area contributed by atoms with Crippen LogP contribution in [-0.4, -0.2) is 0 Å². The molecule has 4 heteroatoms. The third-order valence-corrected chi connectivity index (χ3v) is 7.73. The molecule has 4 aromatic heterocycles. The molecule has 0 unspecified atom stereocenters. The molecule has 0 atom stereocenters. The van der Waals surface area contributed by atoms with E-state index in [9.17, 15) is 0 Å². The molecule has 30 heavy (non-hydrogen) atoms. The minimum atomic E-state index is 1.29. The molecule has 148 valence electrons. The van der Waals surface area contributed by atoms with Gasteiger partial charge in [-0.25, -0.2) is 0 Å². The zero-order chi connectivity index (χ0) is 20.4. The fourth-order valence-corrected chi connectivity index (χ4v) is 5.48. The molecule has 0 radical (unpaired) electrons. The number of rotatable bonds is 5. The van der Waals surface area contributed by atoms with Crippen LogP contribution in [0.1, 0.15) is 9.75 Å². The van der Waals surface area contributed by atoms with Crippen molar-refractivity contribution in [3.8, 4) is 20.9 Å². The van der Waals surface area contributed by atoms with E-state index in [2.05, 4.69) is 119 Å². The summed E-state index contributed by atoms with van der Waals surface area (Å²) in [5.74, 6) is 0. The Kier molecular flexibility index (Phi) is 7.64. The zero-order valence-electron chi connectivity index (χ0n) is 16.2. The van der Waals surface area contributed by atoms with Gasteiger partial charge >= 0.3 is 0 Å². The lowest BCUT2D eigenvalue weighted by atomic mass is 10.1. The third kappa shape index (κ3) is 6.00. The second-order valence-corrected chi connectivity index (χ2v) is 10.1. The summed E-state index contributed by atoms with van der Waals surface area (Å²) in [4.78, 5) is 5.25. The van der Waals surface area contributed by atoms with Crippen molar-refractivity contribution < 1.29 is 0 Å². The van der Waals surface area contributed by atoms with Gasteiger partial charge in [-0.15, -0.1) is 45.3 Å². The summed E-state index contributed by atoms with van der Waals surface area (Å²) in [6.45, 7) is 0. The summed E-state index contributed by atoms with van der Waals surface area (Å²) in [6, 6.07) is 25.6. The molecule has 0 N–H and O–H groups in total. The van der Waals surface area contributed by atoms with Crippen molar-refractivity contribution in [2.75, 3.05) is 0 Å². The number of hydrogen-bond acceptors (Lipinski definition) is 4. The van der Waals surface area contributed by atoms with Crippen molar-refractivity contribution in [3.63, 3.8) is 0 Å². The summed E-state index contributed by atoms with van der Waals surface area (Å²) in [6.07, 6.45) is 8.39. The van der Waals surface area contributed by atoms with E-state index >= 15 is 0 Å². The van der Waals surface area contributed by atoms with Gasteiger partial charge in [0.1, 0.15) is 0 Å². The molecule has 0 aliphatic carbocycles. The van der Waals surface area contributed by atoms with Crippen LogP contribution in [0.2, 0.25) is 0 Å². The highest BCUT2D eigenvalue weighted by Crippen LogP contribution is 2.29. The highest BCUT2D eigenvalue weighted by Gasteiger charge is 2.01. The Labute approximate surface area is 193 Å². The van der Waals surface area contributed by atoms with Crippen molar-refractivity contribution in [1.29, 1.82) is 0 Å². The second kappa shape index (κ2) is 11.0. The van der Waals surface area contributed by atoms with E-state index in [1.165, 1.54) is 30.6 Å². The molecule has 0 fully saturated rings. The maximum Gasteiger partial charge on any atom is 0.0342 e. The topological polar surface area (TPSA) is 0 Å². The Morgan fingerprint density at radius 3 is 1.17 bits per heavy atom. The van der Waals surface area contributed by atoms with E-state index in [4.69, 9.17) is 0 Å². The molecule has 0 nitrogen and oxygen atoms in total. The van der Waals surface area contributed by atoms with Crippen molar-refractivity contribution in [2.24, 2.45) is 0 Å². The highest BCUT2D eigenvalue weighted by molar-refractivity contribution is 7.14. The SMILES string of the molecule is C(/C=C/c1cccs1)=C\c1cccs1.c1csc(-c2ccc(-c3cccs3)cc2)c1. The predicted molar refractivity (Wildman–Crippen MR) is 140 cm³/mol. The smallest absolute Gasteiger partial charge is 0.0342 e. The average Bonchev–Trinajstić information content (AvgIpc) is 3.61. The van der Waals surface area contributed by atoms with Crippen LogP contribution in [0.25, 0.3) is 33.0 Å². The van der Waals surface area contributed by atoms with Gasteiger partial charge in [0.2, 0.25) is 0 Å². The minimum absolute atomic E-state index is 1.29. The lowest BCUT2D eigenvalue weighted by Gasteiger charge is -2.00. The summed E-state index contributed by atoms with van der Waals surface area (Å²) < 4.78 is 0. The van der Waals surface area contributed by atoms with Crippen LogP contribution in [0.3, 0.4) is 0 Å². The number of benzene rings is 1. The average molecular weight is 461 g/mol. The fraction of sp³-hybridized carbons (Fsp3) is 0. The van der Waals surface area contributed by atoms with Crippen LogP contribution in [0.5, 0.6) is 0 Å². The summed E-state index contributed by atoms with van der Waals surface area (Å²) >= 11 is 7.07. The van der Waals surface area contributed by atoms with Crippen LogP contribution >= 0.6 is 45.3 Å². The van der Waals surface area contributed by atoms with Gasteiger partial charge in [-0.05, 0) is 69.1 Å². The van der Waals surface area contributed by atoms with Crippen LogP contribution in [0.4, 0.5) is 0 Å². The Morgan fingerprint density at radius 2 is 0.833 bits per heavy atom. The molecule has 4 heterocycles. The summed E-state index contributed by atoms with van der Waals surface area (Å²) in [5.41, 5.74) is 2.60. The lowest BCUT2D eigenvalue weighted by Crippen LogP contribution is -1.74. The molecular formula is C26H20S4. The lowest BCUT2D eigenvalue weighted by molar-refractivity contribution is 1.69. The first-order valence-electron chi connectivity index (χ1n) is 9.48. The van der Waals surface area contributed by atoms with Gasteiger partial charge in [0, 0.05) is 19.5 Å². The van der Waals surface area contributed by atoms with Crippen LogP contribution < -0.4 is 0 Å². The van der Waals surface area contributed by atoms with Gasteiger partial charge in [-0.1, -0.05) is 60.7 Å². The van der Waals surface area contributed by atoms with Crippen LogP contribution in [0.15, 0.2) is 106 Å². The molecule has 1 aromatic carbocycles. The summed E-state index contributed by atoms with van der Waals surface area (Å²) in [7, 11) is 0. The first-order valence-corrected chi connectivity index (χ1v) is 13.0. The maximum absolute atomic E-state index is 2.20. The first-order chi connectivity index (χ1) is 14.9. The molecule has 5 rings (SSSR count). The van der Waals surface area contributed by atoms with Crippen LogP contribution in [-0.2, 0) is 0 Å². The molecule has 0 aliphatic heterocycles. The number of thiophene rings is 4. The molecule has 0 saturated heterocycles. The van der Waals surface area contributed by atoms with Gasteiger partial charge in [-0.2, -0.15) is 0 Å². The van der Waals surface area contributed by atoms with E-state index in [1.54, 1.807) is 45.3 Å². The van der Waals surface area contributed by atoms with E-state index in [1.807, 2.05) is 0 Å². The normalized spacial score (nSPS) is 11.1. The van der Waals surface area contributed by atoms with E-state index < -0.39 is 0 Å². The van der Waals surface area contributed by atoms with Crippen molar-refractivity contribution in [3.05, 3.63) is 116 Å². The Morgan fingerprint density at radius 1 is 0.433 bits per heavy atom. The monoisotopic (exact) mass is 460 g/mol. The standard InChI is InChI=1S/C14H10S2.C12H10S2/c1-3-13(15-9-1)11-5-7-12(8-6-11)14-4-2-10-16-14;1(5-11-7-3-9-13-11)2-6-12-8-4-10-14-12/h1-10H;1-10H/b;5-1+,6-2+. The minimum Gasteiger partial charge on any atom is -0.144 e. The van der Waals surface area contributed by atoms with Crippen LogP contribution in [0, 0.1) is 0 Å². The zero-order valence-corrected chi connectivity index (χ0v) is 19.4. The number of hydrogen-bond donors (Lipinski definition) is 0. The molecular weight excluding hydrogens is 441 g/mol. The molecule has 0 amide bonds. The Hall–Kier alpha value is -2.50. The first kappa shape index (κ1) is 20.8. The second-order valence-electron chi connectivity index (χ2n) is 6.28. The van der Waals surface area contributed by atoms with Gasteiger partial charge < -0.3 is 0 Å². The quantitative estimate of drug-likeness (QED) is 0.229. The Bertz CT molecular complexity index is 1050. The van der Waals surface area contributed by atoms with E-state index in [-0.39, 0.29) is 0 Å². The van der Waals surface area contributed by atoms with Crippen molar-refractivity contribution >= 4 is 57.5 Å². The van der Waals surface area contributed by atoms with Gasteiger partial charge in [0.05, 0.1) is 0 Å². The van der Waals surface area contributed by atoms with E-state index in [0.29, 0.717) is 0 Å². The van der Waals surface area contributed by atoms with E-state index in [0.717, 1.165) is 0 Å². The molecule has 5 aromatic rings. The maximum atomic E-state index is 2.20. The third-order valence-electron chi connectivity index (χ3n) is 4.21. The molecule has 0 saturated carbocycles. The van der Waals surface area contributed by atoms with Crippen molar-refractivity contribution in [1.82, 2.24) is 0 Å². The van der Waals surface area contributed by atoms with Gasteiger partial charge in [0.15, 0.2) is 0 Å². The Balaban J connectivity index is 0.000000147. The fourth-order valence-electron chi connectivity index (χ4n) is 2.76. The number of allylic oxidation sites excluding steroid dienone is 2.